The van der Waals surface area contributed by atoms with Gasteiger partial charge >= 0.3 is 7.82 Å². The summed E-state index contributed by atoms with van der Waals surface area (Å²) in [5, 5.41) is 27.5. The summed E-state index contributed by atoms with van der Waals surface area (Å²) >= 11 is 0. The molecule has 35 heavy (non-hydrogen) atoms. The molecule has 3 unspecified atom stereocenters. The summed E-state index contributed by atoms with van der Waals surface area (Å²) in [4.78, 5) is 9.41. The number of unbranched alkanes of at least 4 members (excludes halogenated alkanes) is 11. The molecular weight excluding hydrogens is 471 g/mol. The molecule has 0 aliphatic rings. The maximum atomic E-state index is 11.6. The summed E-state index contributed by atoms with van der Waals surface area (Å²) in [7, 11) is -4.39. The van der Waals surface area contributed by atoms with Gasteiger partial charge in [-0.2, -0.15) is 0 Å². The van der Waals surface area contributed by atoms with Gasteiger partial charge < -0.3 is 24.9 Å². The quantitative estimate of drug-likeness (QED) is 0.0672. The Labute approximate surface area is 213 Å². The molecule has 0 amide bonds. The molecule has 4 N–H and O–H groups in total. The second-order valence-electron chi connectivity index (χ2n) is 8.92. The minimum Gasteiger partial charge on any atom is -0.394 e. The molecule has 0 saturated carbocycles. The number of phosphoric acid groups is 1. The van der Waals surface area contributed by atoms with Crippen molar-refractivity contribution in [2.75, 3.05) is 33.0 Å². The van der Waals surface area contributed by atoms with Crippen molar-refractivity contribution in [3.05, 3.63) is 24.3 Å². The minimum atomic E-state index is -4.39. The summed E-state index contributed by atoms with van der Waals surface area (Å²) in [5.74, 6) is 0. The van der Waals surface area contributed by atoms with Crippen LogP contribution in [0.2, 0.25) is 0 Å². The maximum absolute atomic E-state index is 11.6. The molecule has 0 aliphatic carbocycles. The third-order valence-electron chi connectivity index (χ3n) is 5.37. The lowest BCUT2D eigenvalue weighted by Gasteiger charge is -2.16. The van der Waals surface area contributed by atoms with Crippen LogP contribution in [-0.2, 0) is 18.3 Å². The van der Waals surface area contributed by atoms with Crippen LogP contribution in [0, 0.1) is 0 Å². The summed E-state index contributed by atoms with van der Waals surface area (Å²) in [6.45, 7) is 1.21. The highest BCUT2D eigenvalue weighted by molar-refractivity contribution is 7.47. The first kappa shape index (κ1) is 34.4. The van der Waals surface area contributed by atoms with E-state index in [1.165, 1.54) is 70.6 Å². The van der Waals surface area contributed by atoms with E-state index in [9.17, 15) is 14.6 Å². The van der Waals surface area contributed by atoms with Crippen LogP contribution >= 0.6 is 7.82 Å². The molecule has 0 aromatic heterocycles. The normalized spacial score (nSPS) is 15.7. The molecule has 0 aromatic rings. The number of aliphatic hydroxyl groups excluding tert-OH is 3. The summed E-state index contributed by atoms with van der Waals surface area (Å²) in [6, 6.07) is 0. The van der Waals surface area contributed by atoms with Crippen molar-refractivity contribution in [1.82, 2.24) is 0 Å². The number of hydrogen-bond donors (Lipinski definition) is 4. The monoisotopic (exact) mass is 522 g/mol. The minimum absolute atomic E-state index is 0.00293. The Balaban J connectivity index is 3.40. The number of hydrogen-bond acceptors (Lipinski definition) is 7. The molecule has 8 nitrogen and oxygen atoms in total. The molecule has 0 rings (SSSR count). The third-order valence-corrected chi connectivity index (χ3v) is 6.32. The Morgan fingerprint density at radius 3 is 1.80 bits per heavy atom. The zero-order valence-corrected chi connectivity index (χ0v) is 22.7. The highest BCUT2D eigenvalue weighted by Crippen LogP contribution is 2.43. The van der Waals surface area contributed by atoms with Gasteiger partial charge in [-0.3, -0.25) is 9.05 Å². The molecule has 0 spiro atoms. The number of aliphatic hydroxyl groups is 3. The van der Waals surface area contributed by atoms with E-state index in [-0.39, 0.29) is 6.61 Å². The fraction of sp³-hybridized carbons (Fsp3) is 0.846. The van der Waals surface area contributed by atoms with Gasteiger partial charge in [0.05, 0.1) is 26.4 Å². The van der Waals surface area contributed by atoms with Gasteiger partial charge in [-0.1, -0.05) is 82.6 Å². The van der Waals surface area contributed by atoms with E-state index in [0.717, 1.165) is 19.3 Å². The predicted octanol–water partition coefficient (Wildman–Crippen LogP) is 5.44. The van der Waals surface area contributed by atoms with Crippen molar-refractivity contribution in [3.8, 4) is 0 Å². The highest BCUT2D eigenvalue weighted by atomic mass is 31.2. The van der Waals surface area contributed by atoms with Gasteiger partial charge in [-0.05, 0) is 38.5 Å². The van der Waals surface area contributed by atoms with Crippen molar-refractivity contribution in [3.63, 3.8) is 0 Å². The van der Waals surface area contributed by atoms with Gasteiger partial charge in [0.1, 0.15) is 12.2 Å². The van der Waals surface area contributed by atoms with Crippen LogP contribution in [0.25, 0.3) is 0 Å². The number of rotatable bonds is 26. The lowest BCUT2D eigenvalue weighted by molar-refractivity contribution is -0.00437. The van der Waals surface area contributed by atoms with Crippen molar-refractivity contribution in [2.24, 2.45) is 0 Å². The Morgan fingerprint density at radius 1 is 0.714 bits per heavy atom. The van der Waals surface area contributed by atoms with Gasteiger partial charge in [-0.15, -0.1) is 0 Å². The molecule has 0 radical (unpaired) electrons. The number of ether oxygens (including phenoxy) is 1. The van der Waals surface area contributed by atoms with Crippen LogP contribution in [-0.4, -0.2) is 65.5 Å². The molecule has 208 valence electrons. The molecule has 0 heterocycles. The molecule has 0 aliphatic heterocycles. The second-order valence-corrected chi connectivity index (χ2v) is 10.4. The van der Waals surface area contributed by atoms with Crippen LogP contribution in [0.5, 0.6) is 0 Å². The fourth-order valence-corrected chi connectivity index (χ4v) is 4.06. The van der Waals surface area contributed by atoms with Crippen LogP contribution in [0.3, 0.4) is 0 Å². The maximum Gasteiger partial charge on any atom is 0.472 e. The first-order valence-corrected chi connectivity index (χ1v) is 14.9. The first-order valence-electron chi connectivity index (χ1n) is 13.4. The van der Waals surface area contributed by atoms with Gasteiger partial charge in [-0.25, -0.2) is 4.57 Å². The standard InChI is InChI=1S/C26H51O8P/c1-2-3-4-5-6-7-8-9-10-11-12-13-14-15-16-17-18-19-20-32-22-26(29)24-34-35(30,31)33-23-25(28)21-27/h6-7,9-10,25-29H,2-5,8,11-24H2,1H3,(H,30,31)/b7-6-,10-9-. The van der Waals surface area contributed by atoms with Crippen LogP contribution < -0.4 is 0 Å². The van der Waals surface area contributed by atoms with E-state index in [1.54, 1.807) is 0 Å². The van der Waals surface area contributed by atoms with E-state index in [0.29, 0.717) is 6.61 Å². The van der Waals surface area contributed by atoms with Gasteiger partial charge in [0.25, 0.3) is 0 Å². The summed E-state index contributed by atoms with van der Waals surface area (Å²) < 4.78 is 26.1. The second kappa shape index (κ2) is 25.1. The molecular formula is C26H51O8P. The molecule has 9 heteroatoms. The SMILES string of the molecule is CCCCC/C=C\C/C=C\CCCCCCCCCCOCC(O)COP(=O)(O)OCC(O)CO. The lowest BCUT2D eigenvalue weighted by Crippen LogP contribution is -2.23. The number of allylic oxidation sites excluding steroid dienone is 4. The zero-order valence-electron chi connectivity index (χ0n) is 21.8. The Kier molecular flexibility index (Phi) is 24.7. The molecule has 0 bridgehead atoms. The lowest BCUT2D eigenvalue weighted by atomic mass is 10.1. The number of phosphoric ester groups is 1. The van der Waals surface area contributed by atoms with E-state index in [2.05, 4.69) is 40.3 Å². The smallest absolute Gasteiger partial charge is 0.394 e. The zero-order chi connectivity index (χ0) is 26.0. The van der Waals surface area contributed by atoms with Crippen LogP contribution in [0.1, 0.15) is 96.8 Å². The molecule has 0 fully saturated rings. The predicted molar refractivity (Wildman–Crippen MR) is 140 cm³/mol. The fourth-order valence-electron chi connectivity index (χ4n) is 3.26. The average Bonchev–Trinajstić information content (AvgIpc) is 2.85. The van der Waals surface area contributed by atoms with E-state index in [4.69, 9.17) is 14.9 Å². The highest BCUT2D eigenvalue weighted by Gasteiger charge is 2.24. The third kappa shape index (κ3) is 26.3. The van der Waals surface area contributed by atoms with E-state index < -0.39 is 39.9 Å². The van der Waals surface area contributed by atoms with Crippen molar-refractivity contribution >= 4 is 7.82 Å². The molecule has 0 saturated heterocycles. The Bertz CT molecular complexity index is 555. The van der Waals surface area contributed by atoms with E-state index >= 15 is 0 Å². The summed E-state index contributed by atoms with van der Waals surface area (Å²) in [6.07, 6.45) is 23.7. The molecule has 3 atom stereocenters. The Hall–Kier alpha value is -0.570. The topological polar surface area (TPSA) is 126 Å². The van der Waals surface area contributed by atoms with Gasteiger partial charge in [0.2, 0.25) is 0 Å². The van der Waals surface area contributed by atoms with Crippen molar-refractivity contribution < 1.29 is 38.6 Å². The van der Waals surface area contributed by atoms with Crippen LogP contribution in [0.15, 0.2) is 24.3 Å². The van der Waals surface area contributed by atoms with Crippen LogP contribution in [0.4, 0.5) is 0 Å². The molecule has 0 aromatic carbocycles. The van der Waals surface area contributed by atoms with E-state index in [1.807, 2.05) is 0 Å². The Morgan fingerprint density at radius 2 is 1.23 bits per heavy atom. The largest absolute Gasteiger partial charge is 0.472 e. The first-order chi connectivity index (χ1) is 16.9. The average molecular weight is 523 g/mol. The van der Waals surface area contributed by atoms with Crippen molar-refractivity contribution in [1.29, 1.82) is 0 Å². The van der Waals surface area contributed by atoms with Gasteiger partial charge in [0.15, 0.2) is 0 Å². The van der Waals surface area contributed by atoms with Crippen molar-refractivity contribution in [2.45, 2.75) is 109 Å². The summed E-state index contributed by atoms with van der Waals surface area (Å²) in [5.41, 5.74) is 0. The van der Waals surface area contributed by atoms with Gasteiger partial charge in [0, 0.05) is 6.61 Å².